The number of unbranched alkanes of at least 4 members (excludes halogenated alkanes) is 1. The van der Waals surface area contributed by atoms with Crippen LogP contribution in [0.25, 0.3) is 11.0 Å². The first-order valence-corrected chi connectivity index (χ1v) is 9.08. The summed E-state index contributed by atoms with van der Waals surface area (Å²) < 4.78 is 0. The number of aromatic amines is 1. The molecule has 3 aromatic rings. The predicted octanol–water partition coefficient (Wildman–Crippen LogP) is 4.43. The Labute approximate surface area is 147 Å². The largest absolute Gasteiger partial charge is 0.342 e. The first-order valence-electron chi connectivity index (χ1n) is 9.08. The molecule has 1 aromatic heterocycles. The molecular formula is C21H23N3O. The normalized spacial score (nSPS) is 17.6. The summed E-state index contributed by atoms with van der Waals surface area (Å²) in [5, 5.41) is 0. The van der Waals surface area contributed by atoms with Crippen molar-refractivity contribution in [2.45, 2.75) is 38.5 Å². The van der Waals surface area contributed by atoms with Gasteiger partial charge in [-0.3, -0.25) is 4.79 Å². The SMILES string of the molecule is CCCCc1ccc(N2C[C@@H](c3nc4ccccc4[nH]3)CC2=O)cc1. The fraction of sp³-hybridized carbons (Fsp3) is 0.333. The van der Waals surface area contributed by atoms with E-state index < -0.39 is 0 Å². The zero-order valence-electron chi connectivity index (χ0n) is 14.5. The number of carbonyl (C=O) groups excluding carboxylic acids is 1. The number of para-hydroxylation sites is 2. The van der Waals surface area contributed by atoms with Crippen LogP contribution in [0.15, 0.2) is 48.5 Å². The number of aromatic nitrogens is 2. The van der Waals surface area contributed by atoms with Crippen molar-refractivity contribution < 1.29 is 4.79 Å². The van der Waals surface area contributed by atoms with Crippen LogP contribution in [-0.4, -0.2) is 22.4 Å². The number of rotatable bonds is 5. The maximum Gasteiger partial charge on any atom is 0.227 e. The monoisotopic (exact) mass is 333 g/mol. The summed E-state index contributed by atoms with van der Waals surface area (Å²) in [6, 6.07) is 16.4. The minimum absolute atomic E-state index is 0.125. The number of anilines is 1. The number of nitrogens with one attached hydrogen (secondary N) is 1. The lowest BCUT2D eigenvalue weighted by Gasteiger charge is -2.17. The van der Waals surface area contributed by atoms with Gasteiger partial charge < -0.3 is 9.88 Å². The molecule has 4 heteroatoms. The minimum atomic E-state index is 0.125. The third-order valence-corrected chi connectivity index (χ3v) is 4.99. The molecule has 4 nitrogen and oxygen atoms in total. The van der Waals surface area contributed by atoms with Crippen LogP contribution in [0, 0.1) is 0 Å². The molecule has 0 bridgehead atoms. The van der Waals surface area contributed by atoms with Gasteiger partial charge in [0, 0.05) is 24.6 Å². The maximum absolute atomic E-state index is 12.5. The van der Waals surface area contributed by atoms with Crippen LogP contribution in [0.5, 0.6) is 0 Å². The average Bonchev–Trinajstić information content (AvgIpc) is 3.24. The van der Waals surface area contributed by atoms with Gasteiger partial charge in [0.15, 0.2) is 0 Å². The van der Waals surface area contributed by atoms with E-state index in [-0.39, 0.29) is 11.8 Å². The summed E-state index contributed by atoms with van der Waals surface area (Å²) in [6.45, 7) is 2.89. The van der Waals surface area contributed by atoms with Crippen molar-refractivity contribution in [2.75, 3.05) is 11.4 Å². The van der Waals surface area contributed by atoms with Crippen molar-refractivity contribution in [3.05, 3.63) is 59.9 Å². The van der Waals surface area contributed by atoms with Gasteiger partial charge in [-0.25, -0.2) is 4.98 Å². The molecule has 0 radical (unpaired) electrons. The lowest BCUT2D eigenvalue weighted by atomic mass is 10.1. The second-order valence-electron chi connectivity index (χ2n) is 6.81. The Bertz CT molecular complexity index is 849. The number of hydrogen-bond acceptors (Lipinski definition) is 2. The zero-order valence-corrected chi connectivity index (χ0v) is 14.5. The van der Waals surface area contributed by atoms with E-state index in [4.69, 9.17) is 0 Å². The number of benzene rings is 2. The van der Waals surface area contributed by atoms with E-state index in [1.54, 1.807) is 0 Å². The summed E-state index contributed by atoms with van der Waals surface area (Å²) in [7, 11) is 0. The zero-order chi connectivity index (χ0) is 17.2. The molecule has 1 fully saturated rings. The Morgan fingerprint density at radius 2 is 1.96 bits per heavy atom. The van der Waals surface area contributed by atoms with Gasteiger partial charge in [0.1, 0.15) is 5.82 Å². The van der Waals surface area contributed by atoms with E-state index in [2.05, 4.69) is 41.2 Å². The number of carbonyl (C=O) groups is 1. The van der Waals surface area contributed by atoms with Gasteiger partial charge in [-0.1, -0.05) is 37.6 Å². The highest BCUT2D eigenvalue weighted by atomic mass is 16.2. The molecule has 0 aliphatic carbocycles. The molecular weight excluding hydrogens is 310 g/mol. The van der Waals surface area contributed by atoms with Gasteiger partial charge in [-0.15, -0.1) is 0 Å². The molecule has 4 rings (SSSR count). The molecule has 1 aliphatic rings. The van der Waals surface area contributed by atoms with Crippen LogP contribution in [0.3, 0.4) is 0 Å². The molecule has 2 aromatic carbocycles. The topological polar surface area (TPSA) is 49.0 Å². The Morgan fingerprint density at radius 1 is 1.16 bits per heavy atom. The molecule has 1 atom stereocenters. The van der Waals surface area contributed by atoms with Crippen molar-refractivity contribution in [3.63, 3.8) is 0 Å². The van der Waals surface area contributed by atoms with Gasteiger partial charge in [-0.05, 0) is 42.7 Å². The summed E-state index contributed by atoms with van der Waals surface area (Å²) >= 11 is 0. The standard InChI is InChI=1S/C21H23N3O/c1-2-3-6-15-9-11-17(12-10-15)24-14-16(13-20(24)25)21-22-18-7-4-5-8-19(18)23-21/h4-5,7-12,16H,2-3,6,13-14H2,1H3,(H,22,23)/t16-/m0/s1. The van der Waals surface area contributed by atoms with E-state index in [1.807, 2.05) is 29.2 Å². The second-order valence-corrected chi connectivity index (χ2v) is 6.81. The lowest BCUT2D eigenvalue weighted by Crippen LogP contribution is -2.24. The molecule has 0 spiro atoms. The van der Waals surface area contributed by atoms with Crippen molar-refractivity contribution in [3.8, 4) is 0 Å². The third-order valence-electron chi connectivity index (χ3n) is 4.99. The summed E-state index contributed by atoms with van der Waals surface area (Å²) in [6.07, 6.45) is 4.02. The van der Waals surface area contributed by atoms with E-state index in [0.717, 1.165) is 29.0 Å². The highest BCUT2D eigenvalue weighted by molar-refractivity contribution is 5.96. The summed E-state index contributed by atoms with van der Waals surface area (Å²) in [5.41, 5.74) is 4.32. The van der Waals surface area contributed by atoms with E-state index in [1.165, 1.54) is 18.4 Å². The van der Waals surface area contributed by atoms with Gasteiger partial charge in [0.25, 0.3) is 0 Å². The fourth-order valence-electron chi connectivity index (χ4n) is 3.53. The van der Waals surface area contributed by atoms with Gasteiger partial charge in [0.2, 0.25) is 5.91 Å². The molecule has 2 heterocycles. The van der Waals surface area contributed by atoms with Crippen molar-refractivity contribution >= 4 is 22.6 Å². The maximum atomic E-state index is 12.5. The Morgan fingerprint density at radius 3 is 2.72 bits per heavy atom. The van der Waals surface area contributed by atoms with E-state index in [0.29, 0.717) is 13.0 Å². The van der Waals surface area contributed by atoms with Crippen LogP contribution < -0.4 is 4.90 Å². The molecule has 1 N–H and O–H groups in total. The van der Waals surface area contributed by atoms with Crippen LogP contribution >= 0.6 is 0 Å². The van der Waals surface area contributed by atoms with Crippen LogP contribution in [0.2, 0.25) is 0 Å². The average molecular weight is 333 g/mol. The number of H-pyrrole nitrogens is 1. The first kappa shape index (κ1) is 15.9. The Balaban J connectivity index is 1.51. The number of aryl methyl sites for hydroxylation is 1. The molecule has 128 valence electrons. The number of imidazole rings is 1. The van der Waals surface area contributed by atoms with Gasteiger partial charge in [0.05, 0.1) is 11.0 Å². The van der Waals surface area contributed by atoms with Crippen LogP contribution in [-0.2, 0) is 11.2 Å². The number of nitrogens with zero attached hydrogens (tertiary/aromatic N) is 2. The number of amides is 1. The number of fused-ring (bicyclic) bond motifs is 1. The summed E-state index contributed by atoms with van der Waals surface area (Å²) in [4.78, 5) is 22.4. The second kappa shape index (κ2) is 6.71. The van der Waals surface area contributed by atoms with Gasteiger partial charge >= 0.3 is 0 Å². The molecule has 1 amide bonds. The lowest BCUT2D eigenvalue weighted by molar-refractivity contribution is -0.117. The number of hydrogen-bond donors (Lipinski definition) is 1. The predicted molar refractivity (Wildman–Crippen MR) is 101 cm³/mol. The highest BCUT2D eigenvalue weighted by Crippen LogP contribution is 2.31. The van der Waals surface area contributed by atoms with Crippen LogP contribution in [0.4, 0.5) is 5.69 Å². The first-order chi connectivity index (χ1) is 12.2. The minimum Gasteiger partial charge on any atom is -0.342 e. The third kappa shape index (κ3) is 3.16. The Kier molecular flexibility index (Phi) is 4.26. The highest BCUT2D eigenvalue weighted by Gasteiger charge is 2.33. The molecule has 1 aliphatic heterocycles. The quantitative estimate of drug-likeness (QED) is 0.751. The van der Waals surface area contributed by atoms with Crippen molar-refractivity contribution in [1.29, 1.82) is 0 Å². The van der Waals surface area contributed by atoms with Crippen LogP contribution in [0.1, 0.15) is 43.5 Å². The molecule has 0 saturated carbocycles. The Hall–Kier alpha value is -2.62. The molecule has 1 saturated heterocycles. The smallest absolute Gasteiger partial charge is 0.227 e. The van der Waals surface area contributed by atoms with Crippen molar-refractivity contribution in [1.82, 2.24) is 9.97 Å². The summed E-state index contributed by atoms with van der Waals surface area (Å²) in [5.74, 6) is 1.21. The van der Waals surface area contributed by atoms with E-state index in [9.17, 15) is 4.79 Å². The molecule has 0 unspecified atom stereocenters. The van der Waals surface area contributed by atoms with E-state index >= 15 is 0 Å². The van der Waals surface area contributed by atoms with Gasteiger partial charge in [-0.2, -0.15) is 0 Å². The molecule has 25 heavy (non-hydrogen) atoms. The fourth-order valence-corrected chi connectivity index (χ4v) is 3.53. The van der Waals surface area contributed by atoms with Crippen molar-refractivity contribution in [2.24, 2.45) is 0 Å².